The van der Waals surface area contributed by atoms with Gasteiger partial charge in [0.05, 0.1) is 5.02 Å². The summed E-state index contributed by atoms with van der Waals surface area (Å²) in [4.78, 5) is 17.0. The predicted octanol–water partition coefficient (Wildman–Crippen LogP) is 2.07. The lowest BCUT2D eigenvalue weighted by Crippen LogP contribution is -2.46. The van der Waals surface area contributed by atoms with E-state index in [9.17, 15) is 9.90 Å². The Bertz CT molecular complexity index is 991. The fourth-order valence-corrected chi connectivity index (χ4v) is 3.65. The summed E-state index contributed by atoms with van der Waals surface area (Å²) in [6, 6.07) is 10.9. The summed E-state index contributed by atoms with van der Waals surface area (Å²) in [5, 5.41) is 14.3. The third-order valence-corrected chi connectivity index (χ3v) is 5.30. The minimum Gasteiger partial charge on any atom is -0.506 e. The van der Waals surface area contributed by atoms with Crippen molar-refractivity contribution in [1.29, 1.82) is 0 Å². The van der Waals surface area contributed by atoms with Gasteiger partial charge in [-0.15, -0.1) is 5.10 Å². The van der Waals surface area contributed by atoms with Gasteiger partial charge in [0.1, 0.15) is 5.75 Å². The van der Waals surface area contributed by atoms with E-state index in [1.54, 1.807) is 21.3 Å². The molecule has 0 saturated carbocycles. The first kappa shape index (κ1) is 17.9. The Kier molecular flexibility index (Phi) is 5.05. The minimum absolute atomic E-state index is 0.0837. The van der Waals surface area contributed by atoms with Crippen LogP contribution >= 0.6 is 11.6 Å². The van der Waals surface area contributed by atoms with Crippen LogP contribution in [-0.2, 0) is 6.54 Å². The van der Waals surface area contributed by atoms with Crippen molar-refractivity contribution in [1.82, 2.24) is 19.1 Å². The van der Waals surface area contributed by atoms with Crippen LogP contribution in [0.1, 0.15) is 6.42 Å². The van der Waals surface area contributed by atoms with Gasteiger partial charge in [-0.3, -0.25) is 9.30 Å². The molecule has 142 valence electrons. The van der Waals surface area contributed by atoms with E-state index in [0.717, 1.165) is 44.8 Å². The van der Waals surface area contributed by atoms with Crippen LogP contribution in [0.25, 0.3) is 5.65 Å². The van der Waals surface area contributed by atoms with Crippen LogP contribution in [0, 0.1) is 0 Å². The van der Waals surface area contributed by atoms with Crippen LogP contribution in [0.5, 0.6) is 5.75 Å². The molecule has 27 heavy (non-hydrogen) atoms. The molecule has 0 bridgehead atoms. The second-order valence-electron chi connectivity index (χ2n) is 6.75. The number of halogens is 1. The third kappa shape index (κ3) is 3.79. The van der Waals surface area contributed by atoms with Crippen LogP contribution in [0.4, 0.5) is 5.69 Å². The SMILES string of the molecule is O=c1n(CCCN2CCN(c3ccc(O)c(Cl)c3)CC2)nc2ccccn12. The number of phenolic OH excluding ortho intramolecular Hbond substituents is 1. The van der Waals surface area contributed by atoms with Crippen molar-refractivity contribution in [3.8, 4) is 5.75 Å². The number of aromatic hydroxyl groups is 1. The van der Waals surface area contributed by atoms with E-state index in [0.29, 0.717) is 17.2 Å². The second-order valence-corrected chi connectivity index (χ2v) is 7.16. The number of rotatable bonds is 5. The monoisotopic (exact) mass is 387 g/mol. The van der Waals surface area contributed by atoms with Gasteiger partial charge >= 0.3 is 5.69 Å². The quantitative estimate of drug-likeness (QED) is 0.726. The van der Waals surface area contributed by atoms with Gasteiger partial charge in [-0.2, -0.15) is 0 Å². The van der Waals surface area contributed by atoms with Gasteiger partial charge in [-0.05, 0) is 36.8 Å². The van der Waals surface area contributed by atoms with Gasteiger partial charge in [0.25, 0.3) is 0 Å². The number of anilines is 1. The Labute approximate surface area is 162 Å². The standard InChI is InChI=1S/C19H22ClN5O2/c20-16-14-15(5-6-17(16)26)23-12-10-22(11-13-23)7-3-9-25-19(27)24-8-2-1-4-18(24)21-25/h1-2,4-6,8,14,26H,3,7,9-13H2. The Balaban J connectivity index is 1.28. The highest BCUT2D eigenvalue weighted by Gasteiger charge is 2.18. The minimum atomic E-state index is -0.0837. The number of benzene rings is 1. The van der Waals surface area contributed by atoms with Gasteiger partial charge in [0.15, 0.2) is 5.65 Å². The zero-order valence-corrected chi connectivity index (χ0v) is 15.7. The van der Waals surface area contributed by atoms with Gasteiger partial charge in [0.2, 0.25) is 0 Å². The molecule has 1 aliphatic heterocycles. The number of nitrogens with zero attached hydrogens (tertiary/aromatic N) is 5. The molecule has 1 N–H and O–H groups in total. The van der Waals surface area contributed by atoms with Crippen LogP contribution in [-0.4, -0.2) is 56.9 Å². The first-order valence-electron chi connectivity index (χ1n) is 9.12. The lowest BCUT2D eigenvalue weighted by atomic mass is 10.2. The Morgan fingerprint density at radius 3 is 2.63 bits per heavy atom. The molecule has 0 atom stereocenters. The van der Waals surface area contributed by atoms with E-state index in [4.69, 9.17) is 11.6 Å². The maximum Gasteiger partial charge on any atom is 0.350 e. The van der Waals surface area contributed by atoms with E-state index in [1.807, 2.05) is 30.3 Å². The molecule has 1 saturated heterocycles. The molecule has 8 heteroatoms. The van der Waals surface area contributed by atoms with Crippen LogP contribution in [0.15, 0.2) is 47.4 Å². The summed E-state index contributed by atoms with van der Waals surface area (Å²) < 4.78 is 3.12. The van der Waals surface area contributed by atoms with E-state index in [-0.39, 0.29) is 11.4 Å². The van der Waals surface area contributed by atoms with Crippen molar-refractivity contribution in [3.05, 3.63) is 58.1 Å². The van der Waals surface area contributed by atoms with Crippen LogP contribution in [0.3, 0.4) is 0 Å². The highest BCUT2D eigenvalue weighted by Crippen LogP contribution is 2.28. The highest BCUT2D eigenvalue weighted by atomic mass is 35.5. The lowest BCUT2D eigenvalue weighted by Gasteiger charge is -2.36. The molecule has 1 aromatic carbocycles. The van der Waals surface area contributed by atoms with E-state index in [1.165, 1.54) is 0 Å². The fourth-order valence-electron chi connectivity index (χ4n) is 3.48. The summed E-state index contributed by atoms with van der Waals surface area (Å²) in [5.74, 6) is 0.112. The molecule has 7 nitrogen and oxygen atoms in total. The Morgan fingerprint density at radius 2 is 1.89 bits per heavy atom. The molecule has 1 aliphatic rings. The van der Waals surface area contributed by atoms with Crippen molar-refractivity contribution >= 4 is 22.9 Å². The number of aryl methyl sites for hydroxylation is 1. The highest BCUT2D eigenvalue weighted by molar-refractivity contribution is 6.32. The third-order valence-electron chi connectivity index (χ3n) is 5.00. The number of aromatic nitrogens is 3. The molecular formula is C19H22ClN5O2. The molecule has 0 spiro atoms. The number of pyridine rings is 1. The summed E-state index contributed by atoms with van der Waals surface area (Å²) >= 11 is 6.01. The maximum atomic E-state index is 12.3. The van der Waals surface area contributed by atoms with Crippen molar-refractivity contribution in [3.63, 3.8) is 0 Å². The van der Waals surface area contributed by atoms with Crippen molar-refractivity contribution < 1.29 is 5.11 Å². The zero-order valence-electron chi connectivity index (χ0n) is 15.0. The average molecular weight is 388 g/mol. The summed E-state index contributed by atoms with van der Waals surface area (Å²) in [5.41, 5.74) is 1.64. The van der Waals surface area contributed by atoms with Gasteiger partial charge in [-0.25, -0.2) is 9.48 Å². The van der Waals surface area contributed by atoms with Crippen LogP contribution in [0.2, 0.25) is 5.02 Å². The normalized spacial score (nSPS) is 15.5. The number of fused-ring (bicyclic) bond motifs is 1. The molecule has 3 aromatic rings. The zero-order chi connectivity index (χ0) is 18.8. The molecular weight excluding hydrogens is 366 g/mol. The van der Waals surface area contributed by atoms with Gasteiger partial charge in [0, 0.05) is 51.2 Å². The Hall–Kier alpha value is -2.51. The molecule has 2 aromatic heterocycles. The number of hydrogen-bond donors (Lipinski definition) is 1. The second kappa shape index (κ2) is 7.62. The number of piperazine rings is 1. The van der Waals surface area contributed by atoms with Crippen molar-refractivity contribution in [2.45, 2.75) is 13.0 Å². The van der Waals surface area contributed by atoms with E-state index in [2.05, 4.69) is 14.9 Å². The molecule has 0 radical (unpaired) electrons. The molecule has 4 rings (SSSR count). The molecule has 1 fully saturated rings. The van der Waals surface area contributed by atoms with E-state index < -0.39 is 0 Å². The van der Waals surface area contributed by atoms with Crippen LogP contribution < -0.4 is 10.6 Å². The van der Waals surface area contributed by atoms with Crippen molar-refractivity contribution in [2.24, 2.45) is 0 Å². The summed E-state index contributed by atoms with van der Waals surface area (Å²) in [6.07, 6.45) is 2.63. The molecule has 0 aliphatic carbocycles. The van der Waals surface area contributed by atoms with E-state index >= 15 is 0 Å². The first-order chi connectivity index (χ1) is 13.1. The predicted molar refractivity (Wildman–Crippen MR) is 106 cm³/mol. The lowest BCUT2D eigenvalue weighted by molar-refractivity contribution is 0.248. The molecule has 3 heterocycles. The summed E-state index contributed by atoms with van der Waals surface area (Å²) in [6.45, 7) is 5.29. The van der Waals surface area contributed by atoms with Crippen molar-refractivity contribution in [2.75, 3.05) is 37.6 Å². The summed E-state index contributed by atoms with van der Waals surface area (Å²) in [7, 11) is 0. The maximum absolute atomic E-state index is 12.3. The Morgan fingerprint density at radius 1 is 1.07 bits per heavy atom. The molecule has 0 unspecified atom stereocenters. The van der Waals surface area contributed by atoms with Gasteiger partial charge in [-0.1, -0.05) is 17.7 Å². The fraction of sp³-hybridized carbons (Fsp3) is 0.368. The first-order valence-corrected chi connectivity index (χ1v) is 9.49. The number of hydrogen-bond acceptors (Lipinski definition) is 5. The largest absolute Gasteiger partial charge is 0.506 e. The topological polar surface area (TPSA) is 66.0 Å². The smallest absolute Gasteiger partial charge is 0.350 e. The number of phenols is 1. The average Bonchev–Trinajstić information content (AvgIpc) is 3.01. The van der Waals surface area contributed by atoms with Gasteiger partial charge < -0.3 is 10.0 Å². The molecule has 0 amide bonds.